The molecule has 0 amide bonds. The standard InChI is InChI=1S/C17H17Br2F/c1-13-4-2-3-5-16(13)17(11-18,12-19)10-14-6-8-15(20)9-7-14/h2-9H,10-12H2,1H3. The quantitative estimate of drug-likeness (QED) is 0.590. The summed E-state index contributed by atoms with van der Waals surface area (Å²) in [5.41, 5.74) is 3.74. The molecule has 106 valence electrons. The molecule has 0 N–H and O–H groups in total. The molecule has 2 rings (SSSR count). The van der Waals surface area contributed by atoms with Crippen LogP contribution in [0.1, 0.15) is 16.7 Å². The summed E-state index contributed by atoms with van der Waals surface area (Å²) >= 11 is 7.34. The van der Waals surface area contributed by atoms with E-state index in [1.165, 1.54) is 23.3 Å². The third-order valence-corrected chi connectivity index (χ3v) is 5.83. The van der Waals surface area contributed by atoms with Crippen molar-refractivity contribution in [3.8, 4) is 0 Å². The van der Waals surface area contributed by atoms with Crippen molar-refractivity contribution in [3.05, 3.63) is 71.0 Å². The van der Waals surface area contributed by atoms with Crippen LogP contribution in [0, 0.1) is 12.7 Å². The summed E-state index contributed by atoms with van der Waals surface area (Å²) in [5.74, 6) is -0.187. The number of alkyl halides is 2. The minimum absolute atomic E-state index is 0.0246. The lowest BCUT2D eigenvalue weighted by Crippen LogP contribution is -2.33. The van der Waals surface area contributed by atoms with Gasteiger partial charge in [0.05, 0.1) is 0 Å². The smallest absolute Gasteiger partial charge is 0.123 e. The van der Waals surface area contributed by atoms with E-state index in [1.54, 1.807) is 0 Å². The Hall–Kier alpha value is -0.670. The van der Waals surface area contributed by atoms with Gasteiger partial charge in [-0.15, -0.1) is 0 Å². The topological polar surface area (TPSA) is 0 Å². The molecule has 0 aliphatic rings. The number of hydrogen-bond acceptors (Lipinski definition) is 0. The third-order valence-electron chi connectivity index (χ3n) is 3.68. The zero-order valence-corrected chi connectivity index (χ0v) is 14.5. The van der Waals surface area contributed by atoms with Crippen molar-refractivity contribution in [1.29, 1.82) is 0 Å². The van der Waals surface area contributed by atoms with Gasteiger partial charge in [0.1, 0.15) is 5.82 Å². The Morgan fingerprint density at radius 1 is 0.950 bits per heavy atom. The number of benzene rings is 2. The molecule has 0 aliphatic heterocycles. The normalized spacial score (nSPS) is 11.6. The number of halogens is 3. The van der Waals surface area contributed by atoms with Crippen molar-refractivity contribution in [2.24, 2.45) is 0 Å². The summed E-state index contributed by atoms with van der Waals surface area (Å²) in [6.07, 6.45) is 0.870. The van der Waals surface area contributed by atoms with Gasteiger partial charge in [-0.05, 0) is 42.2 Å². The zero-order chi connectivity index (χ0) is 14.6. The first-order valence-corrected chi connectivity index (χ1v) is 8.78. The van der Waals surface area contributed by atoms with Gasteiger partial charge in [0.25, 0.3) is 0 Å². The zero-order valence-electron chi connectivity index (χ0n) is 11.4. The van der Waals surface area contributed by atoms with E-state index in [0.29, 0.717) is 0 Å². The van der Waals surface area contributed by atoms with E-state index in [9.17, 15) is 4.39 Å². The fraction of sp³-hybridized carbons (Fsp3) is 0.294. The summed E-state index contributed by atoms with van der Waals surface area (Å²) in [6.45, 7) is 2.14. The summed E-state index contributed by atoms with van der Waals surface area (Å²) < 4.78 is 13.1. The van der Waals surface area contributed by atoms with Crippen LogP contribution in [-0.2, 0) is 11.8 Å². The second-order valence-corrected chi connectivity index (χ2v) is 6.29. The maximum Gasteiger partial charge on any atom is 0.123 e. The molecule has 0 fully saturated rings. The van der Waals surface area contributed by atoms with Gasteiger partial charge in [-0.3, -0.25) is 0 Å². The SMILES string of the molecule is Cc1ccccc1C(CBr)(CBr)Cc1ccc(F)cc1. The first kappa shape index (κ1) is 15.7. The Morgan fingerprint density at radius 3 is 2.10 bits per heavy atom. The third kappa shape index (κ3) is 3.32. The van der Waals surface area contributed by atoms with Crippen molar-refractivity contribution in [2.75, 3.05) is 10.7 Å². The minimum atomic E-state index is -0.187. The molecule has 0 aliphatic carbocycles. The Kier molecular flexibility index (Phi) is 5.39. The predicted molar refractivity (Wildman–Crippen MR) is 90.5 cm³/mol. The van der Waals surface area contributed by atoms with E-state index < -0.39 is 0 Å². The highest BCUT2D eigenvalue weighted by Gasteiger charge is 2.31. The highest BCUT2D eigenvalue weighted by Crippen LogP contribution is 2.34. The van der Waals surface area contributed by atoms with Gasteiger partial charge in [0, 0.05) is 16.1 Å². The van der Waals surface area contributed by atoms with Crippen LogP contribution in [0.2, 0.25) is 0 Å². The van der Waals surface area contributed by atoms with Gasteiger partial charge in [0.2, 0.25) is 0 Å². The highest BCUT2D eigenvalue weighted by molar-refractivity contribution is 9.09. The van der Waals surface area contributed by atoms with Gasteiger partial charge in [-0.2, -0.15) is 0 Å². The largest absolute Gasteiger partial charge is 0.207 e. The molecule has 20 heavy (non-hydrogen) atoms. The number of aryl methyl sites for hydroxylation is 1. The minimum Gasteiger partial charge on any atom is -0.207 e. The molecule has 0 saturated carbocycles. The number of hydrogen-bond donors (Lipinski definition) is 0. The summed E-state index contributed by atoms with van der Waals surface area (Å²) in [5, 5.41) is 1.71. The molecule has 3 heteroatoms. The van der Waals surface area contributed by atoms with Gasteiger partial charge in [-0.25, -0.2) is 4.39 Å². The summed E-state index contributed by atoms with van der Waals surface area (Å²) in [7, 11) is 0. The molecular weight excluding hydrogens is 383 g/mol. The second kappa shape index (κ2) is 6.86. The van der Waals surface area contributed by atoms with Crippen LogP contribution in [0.25, 0.3) is 0 Å². The van der Waals surface area contributed by atoms with E-state index in [1.807, 2.05) is 12.1 Å². The lowest BCUT2D eigenvalue weighted by Gasteiger charge is -2.32. The van der Waals surface area contributed by atoms with Crippen molar-refractivity contribution in [3.63, 3.8) is 0 Å². The second-order valence-electron chi connectivity index (χ2n) is 5.17. The van der Waals surface area contributed by atoms with Gasteiger partial charge in [-0.1, -0.05) is 68.3 Å². The predicted octanol–water partition coefficient (Wildman–Crippen LogP) is 5.40. The molecule has 0 bridgehead atoms. The van der Waals surface area contributed by atoms with Crippen LogP contribution >= 0.6 is 31.9 Å². The Morgan fingerprint density at radius 2 is 1.55 bits per heavy atom. The molecule has 0 nitrogen and oxygen atoms in total. The van der Waals surface area contributed by atoms with E-state index in [-0.39, 0.29) is 11.2 Å². The molecule has 0 unspecified atom stereocenters. The number of rotatable bonds is 5. The van der Waals surface area contributed by atoms with Crippen LogP contribution in [0.3, 0.4) is 0 Å². The molecule has 0 aromatic heterocycles. The van der Waals surface area contributed by atoms with Gasteiger partial charge < -0.3 is 0 Å². The Bertz CT molecular complexity index is 559. The maximum absolute atomic E-state index is 13.1. The molecule has 0 saturated heterocycles. The molecule has 0 spiro atoms. The molecule has 0 radical (unpaired) electrons. The van der Waals surface area contributed by atoms with Gasteiger partial charge >= 0.3 is 0 Å². The monoisotopic (exact) mass is 398 g/mol. The van der Waals surface area contributed by atoms with Crippen LogP contribution in [-0.4, -0.2) is 10.7 Å². The highest BCUT2D eigenvalue weighted by atomic mass is 79.9. The Labute approximate surface area is 136 Å². The average Bonchev–Trinajstić information content (AvgIpc) is 2.48. The van der Waals surface area contributed by atoms with Crippen LogP contribution < -0.4 is 0 Å². The van der Waals surface area contributed by atoms with Crippen LogP contribution in [0.15, 0.2) is 48.5 Å². The molecule has 2 aromatic rings. The first-order chi connectivity index (χ1) is 9.61. The maximum atomic E-state index is 13.1. The molecule has 0 heterocycles. The van der Waals surface area contributed by atoms with Gasteiger partial charge in [0.15, 0.2) is 0 Å². The van der Waals surface area contributed by atoms with Crippen molar-refractivity contribution in [2.45, 2.75) is 18.8 Å². The molecule has 2 aromatic carbocycles. The van der Waals surface area contributed by atoms with E-state index in [0.717, 1.165) is 22.6 Å². The van der Waals surface area contributed by atoms with E-state index >= 15 is 0 Å². The molecule has 0 atom stereocenters. The van der Waals surface area contributed by atoms with E-state index in [2.05, 4.69) is 63.0 Å². The summed E-state index contributed by atoms with van der Waals surface area (Å²) in [6, 6.07) is 15.3. The lowest BCUT2D eigenvalue weighted by molar-refractivity contribution is 0.546. The average molecular weight is 400 g/mol. The Balaban J connectivity index is 2.39. The first-order valence-electron chi connectivity index (χ1n) is 6.54. The van der Waals surface area contributed by atoms with E-state index in [4.69, 9.17) is 0 Å². The fourth-order valence-electron chi connectivity index (χ4n) is 2.53. The molecular formula is C17H17Br2F. The lowest BCUT2D eigenvalue weighted by atomic mass is 9.77. The summed E-state index contributed by atoms with van der Waals surface area (Å²) in [4.78, 5) is 0. The van der Waals surface area contributed by atoms with Crippen molar-refractivity contribution >= 4 is 31.9 Å². The van der Waals surface area contributed by atoms with Crippen molar-refractivity contribution in [1.82, 2.24) is 0 Å². The van der Waals surface area contributed by atoms with Crippen molar-refractivity contribution < 1.29 is 4.39 Å². The fourth-order valence-corrected chi connectivity index (χ4v) is 4.46. The van der Waals surface area contributed by atoms with Crippen LogP contribution in [0.4, 0.5) is 4.39 Å². The van der Waals surface area contributed by atoms with Crippen LogP contribution in [0.5, 0.6) is 0 Å².